The van der Waals surface area contributed by atoms with Crippen LogP contribution >= 0.6 is 0 Å². The quantitative estimate of drug-likeness (QED) is 0.354. The maximum atomic E-state index is 13.3. The molecule has 0 aliphatic heterocycles. The van der Waals surface area contributed by atoms with Gasteiger partial charge in [-0.3, -0.25) is 9.59 Å². The third-order valence-corrected chi connectivity index (χ3v) is 6.96. The van der Waals surface area contributed by atoms with Crippen molar-refractivity contribution < 1.29 is 33.0 Å². The lowest BCUT2D eigenvalue weighted by molar-refractivity contribution is 0.0279. The molecule has 3 heterocycles. The van der Waals surface area contributed by atoms with E-state index in [1.807, 2.05) is 6.07 Å². The fourth-order valence-corrected chi connectivity index (χ4v) is 4.86. The Morgan fingerprint density at radius 2 is 1.82 bits per heavy atom. The van der Waals surface area contributed by atoms with Crippen LogP contribution < -0.4 is 20.5 Å². The van der Waals surface area contributed by atoms with Crippen molar-refractivity contribution in [2.75, 3.05) is 6.61 Å². The number of alkyl halides is 2. The van der Waals surface area contributed by atoms with Gasteiger partial charge in [0, 0.05) is 12.0 Å². The van der Waals surface area contributed by atoms with Crippen molar-refractivity contribution >= 4 is 17.3 Å². The van der Waals surface area contributed by atoms with E-state index in [4.69, 9.17) is 15.2 Å². The number of hydrogen-bond donors (Lipinski definition) is 3. The molecule has 210 valence electrons. The lowest BCUT2D eigenvalue weighted by Crippen LogP contribution is -2.40. The lowest BCUT2D eigenvalue weighted by Gasteiger charge is -2.29. The number of halogens is 2. The van der Waals surface area contributed by atoms with E-state index < -0.39 is 24.2 Å². The fourth-order valence-electron chi connectivity index (χ4n) is 4.86. The van der Waals surface area contributed by atoms with Crippen LogP contribution in [0.2, 0.25) is 0 Å². The van der Waals surface area contributed by atoms with Crippen LogP contribution in [0.4, 0.5) is 8.78 Å². The van der Waals surface area contributed by atoms with E-state index in [1.54, 1.807) is 30.6 Å². The summed E-state index contributed by atoms with van der Waals surface area (Å²) in [5.41, 5.74) is 6.10. The van der Waals surface area contributed by atoms with Gasteiger partial charge >= 0.3 is 6.55 Å². The molecule has 2 aliphatic rings. The van der Waals surface area contributed by atoms with Gasteiger partial charge in [-0.15, -0.1) is 0 Å². The zero-order valence-corrected chi connectivity index (χ0v) is 21.8. The zero-order chi connectivity index (χ0) is 27.9. The summed E-state index contributed by atoms with van der Waals surface area (Å²) in [6.07, 6.45) is 6.20. The fraction of sp³-hybridized carbons (Fsp3) is 0.538. The monoisotopic (exact) mass is 546 g/mol. The van der Waals surface area contributed by atoms with Gasteiger partial charge < -0.3 is 25.6 Å². The number of carbonyl (C=O) groups is 2. The van der Waals surface area contributed by atoms with E-state index in [-0.39, 0.29) is 35.9 Å². The second kappa shape index (κ2) is 10.4. The summed E-state index contributed by atoms with van der Waals surface area (Å²) < 4.78 is 40.3. The van der Waals surface area contributed by atoms with Gasteiger partial charge in [0.1, 0.15) is 24.0 Å². The summed E-state index contributed by atoms with van der Waals surface area (Å²) in [6, 6.07) is 3.47. The molecule has 0 radical (unpaired) electrons. The number of rotatable bonds is 10. The maximum Gasteiger partial charge on any atom is 0.336 e. The third-order valence-electron chi connectivity index (χ3n) is 6.96. The van der Waals surface area contributed by atoms with Gasteiger partial charge in [0.05, 0.1) is 34.8 Å². The Morgan fingerprint density at radius 3 is 2.44 bits per heavy atom. The molecule has 2 saturated carbocycles. The average Bonchev–Trinajstić information content (AvgIpc) is 3.46. The minimum atomic E-state index is -2.97. The summed E-state index contributed by atoms with van der Waals surface area (Å²) in [5.74, 6) is -0.560. The van der Waals surface area contributed by atoms with Gasteiger partial charge in [0.2, 0.25) is 5.88 Å². The second-order valence-corrected chi connectivity index (χ2v) is 10.8. The number of pyridine rings is 1. The average molecular weight is 547 g/mol. The number of aromatic nitrogens is 4. The maximum absolute atomic E-state index is 13.3. The summed E-state index contributed by atoms with van der Waals surface area (Å²) in [5, 5.41) is 21.1. The van der Waals surface area contributed by atoms with Crippen LogP contribution in [0, 0.1) is 0 Å². The predicted molar refractivity (Wildman–Crippen MR) is 135 cm³/mol. The van der Waals surface area contributed by atoms with Crippen LogP contribution in [-0.2, 0) is 0 Å². The largest absolute Gasteiger partial charge is 0.489 e. The molecule has 2 fully saturated rings. The topological polar surface area (TPSA) is 146 Å². The van der Waals surface area contributed by atoms with Crippen LogP contribution in [0.1, 0.15) is 91.2 Å². The molecule has 5 rings (SSSR count). The minimum Gasteiger partial charge on any atom is -0.489 e. The van der Waals surface area contributed by atoms with Crippen molar-refractivity contribution in [3.63, 3.8) is 0 Å². The molecule has 0 aromatic carbocycles. The number of fused-ring (bicyclic) bond motifs is 1. The molecule has 2 amide bonds. The van der Waals surface area contributed by atoms with Gasteiger partial charge in [-0.25, -0.2) is 4.52 Å². The number of nitrogens with one attached hydrogen (secondary N) is 1. The molecular weight excluding hydrogens is 514 g/mol. The van der Waals surface area contributed by atoms with Gasteiger partial charge in [-0.2, -0.15) is 23.7 Å². The summed E-state index contributed by atoms with van der Waals surface area (Å²) in [6.45, 7) is 0.511. The van der Waals surface area contributed by atoms with E-state index >= 15 is 0 Å². The number of nitrogens with zero attached hydrogens (tertiary/aromatic N) is 4. The Balaban J connectivity index is 1.24. The van der Waals surface area contributed by atoms with Crippen molar-refractivity contribution in [2.24, 2.45) is 5.73 Å². The lowest BCUT2D eigenvalue weighted by atomic mass is 9.92. The first-order valence-electron chi connectivity index (χ1n) is 13.0. The molecule has 39 heavy (non-hydrogen) atoms. The molecular formula is C26H32F2N6O5. The van der Waals surface area contributed by atoms with Crippen LogP contribution in [0.25, 0.3) is 5.52 Å². The van der Waals surface area contributed by atoms with Crippen LogP contribution in [0.15, 0.2) is 24.5 Å². The Bertz CT molecular complexity index is 1370. The highest BCUT2D eigenvalue weighted by molar-refractivity contribution is 6.01. The molecule has 3 aromatic heterocycles. The number of primary amides is 1. The van der Waals surface area contributed by atoms with Crippen molar-refractivity contribution in [2.45, 2.75) is 82.6 Å². The van der Waals surface area contributed by atoms with Crippen LogP contribution in [0.3, 0.4) is 0 Å². The summed E-state index contributed by atoms with van der Waals surface area (Å²) in [7, 11) is 0. The predicted octanol–water partition coefficient (Wildman–Crippen LogP) is 3.17. The molecule has 4 N–H and O–H groups in total. The highest BCUT2D eigenvalue weighted by atomic mass is 19.3. The molecule has 0 bridgehead atoms. The summed E-state index contributed by atoms with van der Waals surface area (Å²) in [4.78, 5) is 24.8. The van der Waals surface area contributed by atoms with Gasteiger partial charge in [0.25, 0.3) is 11.8 Å². The van der Waals surface area contributed by atoms with Crippen molar-refractivity contribution in [3.05, 3.63) is 41.3 Å². The zero-order valence-electron chi connectivity index (χ0n) is 21.8. The third kappa shape index (κ3) is 5.82. The molecule has 0 unspecified atom stereocenters. The molecule has 3 aromatic rings. The van der Waals surface area contributed by atoms with Crippen molar-refractivity contribution in [3.8, 4) is 11.6 Å². The Labute approximate surface area is 223 Å². The number of aliphatic hydroxyl groups is 1. The van der Waals surface area contributed by atoms with Crippen LogP contribution in [0.5, 0.6) is 11.6 Å². The number of nitrogens with two attached hydrogens (primary N) is 1. The highest BCUT2D eigenvalue weighted by Crippen LogP contribution is 2.44. The highest BCUT2D eigenvalue weighted by Gasteiger charge is 2.33. The molecule has 0 saturated heterocycles. The number of hydrogen-bond acceptors (Lipinski definition) is 7. The standard InChI is InChI=1S/C26H32F2N6O5/c1-26(2,37)13-38-20-10-9-19-17(11-30-33(19)21(20)14-3-4-14)23(36)32-15-5-7-16(8-6-15)39-24-18(22(29)35)12-31-34(24)25(27)28/h9-12,14-16,25,37H,3-8,13H2,1-2H3,(H2,29,35)(H,32,36)/t15-,16-. The molecule has 0 spiro atoms. The normalized spacial score (nSPS) is 19.8. The molecule has 13 heteroatoms. The Hall–Kier alpha value is -3.74. The Kier molecular flexibility index (Phi) is 7.19. The van der Waals surface area contributed by atoms with E-state index in [9.17, 15) is 23.5 Å². The van der Waals surface area contributed by atoms with E-state index in [2.05, 4.69) is 15.5 Å². The Morgan fingerprint density at radius 1 is 1.13 bits per heavy atom. The number of ether oxygens (including phenoxy) is 2. The first kappa shape index (κ1) is 26.9. The van der Waals surface area contributed by atoms with Gasteiger partial charge in [-0.05, 0) is 64.5 Å². The number of amides is 2. The van der Waals surface area contributed by atoms with E-state index in [1.165, 1.54) is 0 Å². The minimum absolute atomic E-state index is 0.132. The molecule has 0 atom stereocenters. The van der Waals surface area contributed by atoms with Gasteiger partial charge in [0.15, 0.2) is 0 Å². The second-order valence-electron chi connectivity index (χ2n) is 10.8. The first-order chi connectivity index (χ1) is 18.5. The summed E-state index contributed by atoms with van der Waals surface area (Å²) >= 11 is 0. The van der Waals surface area contributed by atoms with Crippen molar-refractivity contribution in [1.82, 2.24) is 24.7 Å². The van der Waals surface area contributed by atoms with Gasteiger partial charge in [-0.1, -0.05) is 0 Å². The SMILES string of the molecule is CC(C)(O)COc1ccc2c(C(=O)N[C@H]3CC[C@H](Oc4c(C(N)=O)cnn4C(F)F)CC3)cnn2c1C1CC1. The first-order valence-corrected chi connectivity index (χ1v) is 13.0. The molecule has 11 nitrogen and oxygen atoms in total. The molecule has 2 aliphatic carbocycles. The van der Waals surface area contributed by atoms with Crippen LogP contribution in [-0.4, -0.2) is 60.7 Å². The van der Waals surface area contributed by atoms with E-state index in [0.29, 0.717) is 47.2 Å². The van der Waals surface area contributed by atoms with E-state index in [0.717, 1.165) is 24.7 Å². The van der Waals surface area contributed by atoms with Crippen molar-refractivity contribution in [1.29, 1.82) is 0 Å². The smallest absolute Gasteiger partial charge is 0.336 e. The number of carbonyl (C=O) groups excluding carboxylic acids is 2.